The van der Waals surface area contributed by atoms with Crippen LogP contribution >= 0.6 is 0 Å². The molecule has 0 fully saturated rings. The van der Waals surface area contributed by atoms with E-state index in [-0.39, 0.29) is 17.6 Å². The summed E-state index contributed by atoms with van der Waals surface area (Å²) in [6, 6.07) is -0.663. The summed E-state index contributed by atoms with van der Waals surface area (Å²) in [6.07, 6.45) is 1.31. The Hall–Kier alpha value is -2.12. The summed E-state index contributed by atoms with van der Waals surface area (Å²) in [4.78, 5) is 25.4. The van der Waals surface area contributed by atoms with Crippen molar-refractivity contribution in [3.8, 4) is 0 Å². The highest BCUT2D eigenvalue weighted by molar-refractivity contribution is 5.80. The number of nitrogens with zero attached hydrogens (tertiary/aromatic N) is 3. The Morgan fingerprint density at radius 1 is 1.61 bits per heavy atom. The molecule has 18 heavy (non-hydrogen) atoms. The van der Waals surface area contributed by atoms with Gasteiger partial charge in [0.25, 0.3) is 0 Å². The third kappa shape index (κ3) is 2.76. The molecule has 0 saturated carbocycles. The molecular weight excluding hydrogens is 240 g/mol. The maximum Gasteiger partial charge on any atom is 0.406 e. The number of nitrogens with one attached hydrogen (secondary N) is 1. The Kier molecular flexibility index (Phi) is 4.24. The van der Waals surface area contributed by atoms with Crippen LogP contribution in [0.2, 0.25) is 0 Å². The lowest BCUT2D eigenvalue weighted by Gasteiger charge is -2.20. The molecule has 0 saturated heterocycles. The number of anilines is 1. The summed E-state index contributed by atoms with van der Waals surface area (Å²) in [5, 5.41) is 13.6. The van der Waals surface area contributed by atoms with Crippen molar-refractivity contribution in [1.29, 1.82) is 0 Å². The van der Waals surface area contributed by atoms with Gasteiger partial charge in [-0.15, -0.1) is 0 Å². The first-order valence-corrected chi connectivity index (χ1v) is 5.38. The molecule has 0 aliphatic rings. The molecule has 0 spiro atoms. The number of hydrogen-bond acceptors (Lipinski definition) is 6. The predicted octanol–water partition coefficient (Wildman–Crippen LogP) is 0.938. The fraction of sp³-hybridized carbons (Fsp3) is 0.600. The zero-order chi connectivity index (χ0) is 13.9. The van der Waals surface area contributed by atoms with Crippen LogP contribution < -0.4 is 5.32 Å². The zero-order valence-electron chi connectivity index (χ0n) is 10.7. The minimum atomic E-state index is -0.663. The molecule has 1 aromatic rings. The topological polar surface area (TPSA) is 99.3 Å². The number of carbonyl (C=O) groups is 1. The van der Waals surface area contributed by atoms with Crippen molar-refractivity contribution in [2.24, 2.45) is 13.0 Å². The molecule has 1 aromatic heterocycles. The van der Waals surface area contributed by atoms with Crippen molar-refractivity contribution >= 4 is 17.6 Å². The van der Waals surface area contributed by atoms with Gasteiger partial charge in [0, 0.05) is 7.05 Å². The van der Waals surface area contributed by atoms with Crippen molar-refractivity contribution in [3.05, 3.63) is 16.4 Å². The largest absolute Gasteiger partial charge is 0.467 e. The molecule has 1 atom stereocenters. The lowest BCUT2D eigenvalue weighted by atomic mass is 10.0. The Labute approximate surface area is 104 Å². The normalized spacial score (nSPS) is 12.3. The molecule has 1 unspecified atom stereocenters. The van der Waals surface area contributed by atoms with Crippen molar-refractivity contribution in [1.82, 2.24) is 9.55 Å². The Morgan fingerprint density at radius 3 is 2.67 bits per heavy atom. The van der Waals surface area contributed by atoms with E-state index >= 15 is 0 Å². The third-order valence-corrected chi connectivity index (χ3v) is 2.50. The van der Waals surface area contributed by atoms with Gasteiger partial charge < -0.3 is 20.2 Å². The molecule has 1 heterocycles. The average molecular weight is 256 g/mol. The van der Waals surface area contributed by atoms with Crippen molar-refractivity contribution < 1.29 is 14.5 Å². The number of nitro groups is 1. The first-order chi connectivity index (χ1) is 8.38. The molecule has 100 valence electrons. The maximum absolute atomic E-state index is 11.6. The summed E-state index contributed by atoms with van der Waals surface area (Å²) < 4.78 is 6.12. The quantitative estimate of drug-likeness (QED) is 0.478. The molecule has 0 aliphatic carbocycles. The zero-order valence-corrected chi connectivity index (χ0v) is 10.7. The van der Waals surface area contributed by atoms with Crippen LogP contribution in [0, 0.1) is 16.0 Å². The SMILES string of the molecule is COC(=O)C(Nc1c([N+](=O)[O-])ncn1C)C(C)C. The molecule has 0 bridgehead atoms. The highest BCUT2D eigenvalue weighted by Crippen LogP contribution is 2.23. The van der Waals surface area contributed by atoms with Crippen molar-refractivity contribution in [2.75, 3.05) is 12.4 Å². The Balaban J connectivity index is 3.04. The lowest BCUT2D eigenvalue weighted by Crippen LogP contribution is -2.36. The van der Waals surface area contributed by atoms with Gasteiger partial charge in [-0.25, -0.2) is 4.79 Å². The van der Waals surface area contributed by atoms with Crippen LogP contribution in [0.3, 0.4) is 0 Å². The number of esters is 1. The van der Waals surface area contributed by atoms with Crippen molar-refractivity contribution in [3.63, 3.8) is 0 Å². The fourth-order valence-corrected chi connectivity index (χ4v) is 1.49. The molecule has 0 radical (unpaired) electrons. The van der Waals surface area contributed by atoms with Crippen molar-refractivity contribution in [2.45, 2.75) is 19.9 Å². The first kappa shape index (κ1) is 13.9. The van der Waals surface area contributed by atoms with E-state index in [4.69, 9.17) is 0 Å². The maximum atomic E-state index is 11.6. The summed E-state index contributed by atoms with van der Waals surface area (Å²) in [7, 11) is 2.88. The Morgan fingerprint density at radius 2 is 2.22 bits per heavy atom. The van der Waals surface area contributed by atoms with Gasteiger partial charge in [-0.3, -0.25) is 4.57 Å². The van der Waals surface area contributed by atoms with E-state index in [1.54, 1.807) is 7.05 Å². The van der Waals surface area contributed by atoms with Gasteiger partial charge in [0.15, 0.2) is 0 Å². The van der Waals surface area contributed by atoms with Crippen LogP contribution in [0.1, 0.15) is 13.8 Å². The molecule has 1 rings (SSSR count). The molecule has 0 aliphatic heterocycles. The highest BCUT2D eigenvalue weighted by Gasteiger charge is 2.28. The Bertz CT molecular complexity index is 455. The standard InChI is InChI=1S/C10H16N4O4/c1-6(2)7(10(15)18-4)12-9-8(14(16)17)11-5-13(9)3/h5-7,12H,1-4H3. The number of carbonyl (C=O) groups excluding carboxylic acids is 1. The number of methoxy groups -OCH3 is 1. The number of imidazole rings is 1. The van der Waals surface area contributed by atoms with Crippen LogP contribution in [-0.2, 0) is 16.6 Å². The van der Waals surface area contributed by atoms with Gasteiger partial charge in [-0.05, 0) is 15.8 Å². The minimum absolute atomic E-state index is 0.0769. The van der Waals surface area contributed by atoms with Gasteiger partial charge in [0.05, 0.1) is 7.11 Å². The van der Waals surface area contributed by atoms with Gasteiger partial charge in [0.2, 0.25) is 12.1 Å². The second kappa shape index (κ2) is 5.48. The van der Waals surface area contributed by atoms with E-state index in [2.05, 4.69) is 15.0 Å². The molecule has 0 amide bonds. The second-order valence-corrected chi connectivity index (χ2v) is 4.17. The average Bonchev–Trinajstić information content (AvgIpc) is 2.66. The molecule has 8 nitrogen and oxygen atoms in total. The summed E-state index contributed by atoms with van der Waals surface area (Å²) >= 11 is 0. The molecular formula is C10H16N4O4. The molecule has 8 heteroatoms. The van der Waals surface area contributed by atoms with E-state index in [9.17, 15) is 14.9 Å². The first-order valence-electron chi connectivity index (χ1n) is 5.38. The van der Waals surface area contributed by atoms with Crippen LogP contribution in [0.4, 0.5) is 11.6 Å². The smallest absolute Gasteiger partial charge is 0.406 e. The van der Waals surface area contributed by atoms with E-state index in [1.807, 2.05) is 13.8 Å². The molecule has 0 aromatic carbocycles. The van der Waals surface area contributed by atoms with Crippen LogP contribution in [0.15, 0.2) is 6.33 Å². The monoisotopic (exact) mass is 256 g/mol. The van der Waals surface area contributed by atoms with E-state index in [1.165, 1.54) is 18.0 Å². The van der Waals surface area contributed by atoms with Gasteiger partial charge in [-0.2, -0.15) is 0 Å². The summed E-state index contributed by atoms with van der Waals surface area (Å²) in [6.45, 7) is 3.63. The molecule has 1 N–H and O–H groups in total. The van der Waals surface area contributed by atoms with E-state index in [0.29, 0.717) is 0 Å². The van der Waals surface area contributed by atoms with Crippen LogP contribution in [0.25, 0.3) is 0 Å². The summed E-state index contributed by atoms with van der Waals surface area (Å²) in [5.74, 6) is -0.677. The number of rotatable bonds is 5. The fourth-order valence-electron chi connectivity index (χ4n) is 1.49. The van der Waals surface area contributed by atoms with Gasteiger partial charge in [-0.1, -0.05) is 13.8 Å². The van der Waals surface area contributed by atoms with Gasteiger partial charge in [0.1, 0.15) is 6.04 Å². The number of aromatic nitrogens is 2. The third-order valence-electron chi connectivity index (χ3n) is 2.50. The lowest BCUT2D eigenvalue weighted by molar-refractivity contribution is -0.388. The van der Waals surface area contributed by atoms with Crippen LogP contribution in [0.5, 0.6) is 0 Å². The number of aryl methyl sites for hydroxylation is 1. The van der Waals surface area contributed by atoms with Crippen LogP contribution in [-0.4, -0.2) is 33.6 Å². The van der Waals surface area contributed by atoms with E-state index < -0.39 is 16.9 Å². The second-order valence-electron chi connectivity index (χ2n) is 4.17. The number of ether oxygens (including phenoxy) is 1. The predicted molar refractivity (Wildman–Crippen MR) is 64.1 cm³/mol. The minimum Gasteiger partial charge on any atom is -0.467 e. The highest BCUT2D eigenvalue weighted by atomic mass is 16.6. The van der Waals surface area contributed by atoms with Gasteiger partial charge >= 0.3 is 11.8 Å². The number of hydrogen-bond donors (Lipinski definition) is 1. The summed E-state index contributed by atoms with van der Waals surface area (Å²) in [5.41, 5.74) is 0. The van der Waals surface area contributed by atoms with E-state index in [0.717, 1.165) is 0 Å².